The Morgan fingerprint density at radius 2 is 2.10 bits per heavy atom. The van der Waals surface area contributed by atoms with Crippen LogP contribution in [0.5, 0.6) is 5.75 Å². The number of hydrogen-bond acceptors (Lipinski definition) is 9. The molecule has 0 saturated carbocycles. The number of nitrogens with two attached hydrogens (primary N) is 2. The van der Waals surface area contributed by atoms with Crippen molar-refractivity contribution in [3.05, 3.63) is 39.4 Å². The van der Waals surface area contributed by atoms with Crippen molar-refractivity contribution >= 4 is 39.2 Å². The van der Waals surface area contributed by atoms with Gasteiger partial charge in [-0.15, -0.1) is 0 Å². The third-order valence-corrected chi connectivity index (χ3v) is 4.69. The highest BCUT2D eigenvalue weighted by Crippen LogP contribution is 2.43. The van der Waals surface area contributed by atoms with Gasteiger partial charge in [-0.05, 0) is 24.1 Å². The molecule has 1 aliphatic rings. The first-order chi connectivity index (χ1) is 13.8. The Labute approximate surface area is 176 Å². The zero-order valence-electron chi connectivity index (χ0n) is 15.8. The summed E-state index contributed by atoms with van der Waals surface area (Å²) >= 11 is 3.48. The molecule has 0 fully saturated rings. The molecule has 1 aromatic heterocycles. The number of nitrogens with one attached hydrogen (secondary N) is 2. The van der Waals surface area contributed by atoms with Gasteiger partial charge in [-0.1, -0.05) is 29.8 Å². The fourth-order valence-electron chi connectivity index (χ4n) is 2.93. The van der Waals surface area contributed by atoms with E-state index >= 15 is 0 Å². The maximum Gasteiger partial charge on any atom is 0.211 e. The second-order valence-corrected chi connectivity index (χ2v) is 7.70. The third-order valence-electron chi connectivity index (χ3n) is 4.20. The largest absolute Gasteiger partial charge is 0.493 e. The summed E-state index contributed by atoms with van der Waals surface area (Å²) in [7, 11) is 0. The Hall–Kier alpha value is -3.50. The number of aliphatic imine (C=N–C) groups is 1. The molecule has 2 aromatic rings. The normalized spacial score (nSPS) is 14.8. The second-order valence-electron chi connectivity index (χ2n) is 6.79. The van der Waals surface area contributed by atoms with Crippen LogP contribution >= 0.6 is 15.9 Å². The van der Waals surface area contributed by atoms with Crippen molar-refractivity contribution in [3.8, 4) is 18.0 Å². The smallest absolute Gasteiger partial charge is 0.211 e. The molecule has 1 atom stereocenters. The summed E-state index contributed by atoms with van der Waals surface area (Å²) in [5.74, 6) is 1.46. The number of guanidine groups is 1. The summed E-state index contributed by atoms with van der Waals surface area (Å²) in [6.45, 7) is 4.61. The van der Waals surface area contributed by atoms with Gasteiger partial charge in [0.2, 0.25) is 5.96 Å². The minimum absolute atomic E-state index is 0.00117. The van der Waals surface area contributed by atoms with Gasteiger partial charge in [0.15, 0.2) is 6.19 Å². The van der Waals surface area contributed by atoms with Crippen LogP contribution in [0.1, 0.15) is 36.6 Å². The van der Waals surface area contributed by atoms with Gasteiger partial charge in [0.25, 0.3) is 0 Å². The number of nitriles is 2. The van der Waals surface area contributed by atoms with E-state index in [1.807, 2.05) is 30.5 Å². The molecule has 0 radical (unpaired) electrons. The predicted molar refractivity (Wildman–Crippen MR) is 114 cm³/mol. The minimum atomic E-state index is -0.665. The maximum absolute atomic E-state index is 9.44. The van der Waals surface area contributed by atoms with E-state index in [1.54, 1.807) is 0 Å². The van der Waals surface area contributed by atoms with Crippen molar-refractivity contribution in [2.45, 2.75) is 19.9 Å². The lowest BCUT2D eigenvalue weighted by Crippen LogP contribution is -2.33. The van der Waals surface area contributed by atoms with E-state index in [0.29, 0.717) is 35.2 Å². The Morgan fingerprint density at radius 1 is 1.34 bits per heavy atom. The molecule has 148 valence electrons. The van der Waals surface area contributed by atoms with Crippen molar-refractivity contribution in [1.29, 1.82) is 10.5 Å². The molecule has 0 aliphatic carbocycles. The highest BCUT2D eigenvalue weighted by Gasteiger charge is 2.31. The van der Waals surface area contributed by atoms with Crippen molar-refractivity contribution < 1.29 is 4.74 Å². The summed E-state index contributed by atoms with van der Waals surface area (Å²) in [4.78, 5) is 8.84. The number of pyridine rings is 1. The van der Waals surface area contributed by atoms with Gasteiger partial charge in [-0.2, -0.15) is 10.5 Å². The van der Waals surface area contributed by atoms with Crippen LogP contribution in [0.4, 0.5) is 17.3 Å². The van der Waals surface area contributed by atoms with Gasteiger partial charge in [-0.3, -0.25) is 5.32 Å². The number of halogens is 1. The molecule has 29 heavy (non-hydrogen) atoms. The zero-order valence-corrected chi connectivity index (χ0v) is 17.4. The highest BCUT2D eigenvalue weighted by molar-refractivity contribution is 9.10. The van der Waals surface area contributed by atoms with Crippen LogP contribution < -0.4 is 26.8 Å². The molecule has 6 N–H and O–H groups in total. The van der Waals surface area contributed by atoms with E-state index in [4.69, 9.17) is 21.5 Å². The Bertz CT molecular complexity index is 1070. The number of rotatable bonds is 4. The predicted octanol–water partition coefficient (Wildman–Crippen LogP) is 2.86. The van der Waals surface area contributed by atoms with Gasteiger partial charge >= 0.3 is 0 Å². The standard InChI is InChI=1S/C19H19BrN8O/c1-9(2)7-29-13-4-3-10(20)5-11(13)16-14-15(23)12(6-21)17(24)27-18(14)28-19(26-16)25-8-22/h3-5,9,16H,7H2,1-2H3,(H6,23,24,25,26,27,28). The van der Waals surface area contributed by atoms with E-state index < -0.39 is 6.04 Å². The van der Waals surface area contributed by atoms with E-state index in [1.165, 1.54) is 0 Å². The lowest BCUT2D eigenvalue weighted by Gasteiger charge is -2.27. The number of benzene rings is 1. The van der Waals surface area contributed by atoms with Crippen molar-refractivity contribution in [2.24, 2.45) is 10.9 Å². The Morgan fingerprint density at radius 3 is 2.76 bits per heavy atom. The first-order valence-electron chi connectivity index (χ1n) is 8.76. The number of aromatic nitrogens is 1. The van der Waals surface area contributed by atoms with Crippen LogP contribution in [0.25, 0.3) is 0 Å². The number of anilines is 3. The molecule has 0 spiro atoms. The summed E-state index contributed by atoms with van der Waals surface area (Å²) in [5, 5.41) is 23.9. The van der Waals surface area contributed by atoms with Gasteiger partial charge < -0.3 is 21.5 Å². The summed E-state index contributed by atoms with van der Waals surface area (Å²) in [5.41, 5.74) is 13.6. The third kappa shape index (κ3) is 4.03. The molecule has 1 unspecified atom stereocenters. The molecule has 9 nitrogen and oxygen atoms in total. The highest BCUT2D eigenvalue weighted by atomic mass is 79.9. The average Bonchev–Trinajstić information content (AvgIpc) is 2.66. The summed E-state index contributed by atoms with van der Waals surface area (Å²) in [6, 6.07) is 6.89. The second kappa shape index (κ2) is 8.25. The topological polar surface area (TPSA) is 158 Å². The van der Waals surface area contributed by atoms with Crippen LogP contribution in [0.3, 0.4) is 0 Å². The van der Waals surface area contributed by atoms with Gasteiger partial charge in [0.1, 0.15) is 35.1 Å². The SMILES string of the molecule is CC(C)COc1ccc(Br)cc1C1N=C(NC#N)Nc2nc(N)c(C#N)c(N)c21. The molecule has 0 amide bonds. The fraction of sp³-hybridized carbons (Fsp3) is 0.263. The molecule has 2 heterocycles. The maximum atomic E-state index is 9.44. The lowest BCUT2D eigenvalue weighted by molar-refractivity contribution is 0.268. The molecular formula is C19H19BrN8O. The van der Waals surface area contributed by atoms with Crippen LogP contribution in [0.2, 0.25) is 0 Å². The molecule has 10 heteroatoms. The molecule has 0 bridgehead atoms. The molecule has 3 rings (SSSR count). The number of fused-ring (bicyclic) bond motifs is 1. The van der Waals surface area contributed by atoms with Gasteiger partial charge in [0.05, 0.1) is 12.3 Å². The van der Waals surface area contributed by atoms with Crippen molar-refractivity contribution in [1.82, 2.24) is 10.3 Å². The number of nitrogen functional groups attached to an aromatic ring is 2. The number of hydrogen-bond donors (Lipinski definition) is 4. The summed E-state index contributed by atoms with van der Waals surface area (Å²) in [6.07, 6.45) is 1.83. The Kier molecular flexibility index (Phi) is 5.76. The molecule has 1 aromatic carbocycles. The molecule has 1 aliphatic heterocycles. The van der Waals surface area contributed by atoms with Crippen molar-refractivity contribution in [2.75, 3.05) is 23.4 Å². The first-order valence-corrected chi connectivity index (χ1v) is 9.56. The Balaban J connectivity index is 2.23. The average molecular weight is 455 g/mol. The van der Waals surface area contributed by atoms with E-state index in [2.05, 4.69) is 50.4 Å². The van der Waals surface area contributed by atoms with Gasteiger partial charge in [-0.25, -0.2) is 9.98 Å². The quantitative estimate of drug-likeness (QED) is 0.405. The minimum Gasteiger partial charge on any atom is -0.493 e. The first kappa shape index (κ1) is 20.2. The van der Waals surface area contributed by atoms with Crippen LogP contribution in [0.15, 0.2) is 27.7 Å². The number of ether oxygens (including phenoxy) is 1. The lowest BCUT2D eigenvalue weighted by atomic mass is 9.94. The van der Waals surface area contributed by atoms with Crippen LogP contribution in [-0.4, -0.2) is 17.6 Å². The monoisotopic (exact) mass is 454 g/mol. The van der Waals surface area contributed by atoms with Crippen molar-refractivity contribution in [3.63, 3.8) is 0 Å². The van der Waals surface area contributed by atoms with Gasteiger partial charge in [0, 0.05) is 15.6 Å². The van der Waals surface area contributed by atoms with Crippen LogP contribution in [0, 0.1) is 28.7 Å². The number of nitrogens with zero attached hydrogens (tertiary/aromatic N) is 4. The zero-order chi connectivity index (χ0) is 21.1. The molecular weight excluding hydrogens is 436 g/mol. The van der Waals surface area contributed by atoms with E-state index in [-0.39, 0.29) is 23.0 Å². The van der Waals surface area contributed by atoms with E-state index in [0.717, 1.165) is 4.47 Å². The fourth-order valence-corrected chi connectivity index (χ4v) is 3.31. The van der Waals surface area contributed by atoms with Crippen LogP contribution in [-0.2, 0) is 0 Å². The van der Waals surface area contributed by atoms with E-state index in [9.17, 15) is 5.26 Å². The molecule has 0 saturated heterocycles. The summed E-state index contributed by atoms with van der Waals surface area (Å²) < 4.78 is 6.81.